The van der Waals surface area contributed by atoms with Crippen LogP contribution in [0.15, 0.2) is 65.0 Å². The van der Waals surface area contributed by atoms with Gasteiger partial charge in [0.2, 0.25) is 10.0 Å². The van der Waals surface area contributed by atoms with E-state index < -0.39 is 10.0 Å². The van der Waals surface area contributed by atoms with Crippen LogP contribution in [0.25, 0.3) is 11.4 Å². The van der Waals surface area contributed by atoms with Crippen LogP contribution in [0.4, 0.5) is 0 Å². The molecule has 0 radical (unpaired) electrons. The minimum Gasteiger partial charge on any atom is -0.255 e. The molecule has 23 heavy (non-hydrogen) atoms. The third-order valence-electron chi connectivity index (χ3n) is 3.16. The molecule has 0 unspecified atom stereocenters. The molecule has 0 aliphatic carbocycles. The predicted molar refractivity (Wildman–Crippen MR) is 90.7 cm³/mol. The van der Waals surface area contributed by atoms with Gasteiger partial charge in [-0.15, -0.1) is 11.3 Å². The molecule has 7 heteroatoms. The molecule has 0 aliphatic heterocycles. The van der Waals surface area contributed by atoms with E-state index in [0.717, 1.165) is 16.4 Å². The predicted octanol–water partition coefficient (Wildman–Crippen LogP) is 2.73. The summed E-state index contributed by atoms with van der Waals surface area (Å²) in [4.78, 5) is 9.02. The highest BCUT2D eigenvalue weighted by atomic mass is 32.2. The second kappa shape index (κ2) is 6.99. The van der Waals surface area contributed by atoms with Gasteiger partial charge < -0.3 is 0 Å². The fraction of sp³-hybridized carbons (Fsp3) is 0.125. The first kappa shape index (κ1) is 15.8. The number of benzene rings is 1. The fourth-order valence-corrected chi connectivity index (χ4v) is 3.88. The monoisotopic (exact) mass is 345 g/mol. The molecule has 5 nitrogen and oxygen atoms in total. The van der Waals surface area contributed by atoms with E-state index >= 15 is 0 Å². The van der Waals surface area contributed by atoms with Crippen molar-refractivity contribution in [2.24, 2.45) is 0 Å². The van der Waals surface area contributed by atoms with Crippen molar-refractivity contribution in [1.29, 1.82) is 0 Å². The summed E-state index contributed by atoms with van der Waals surface area (Å²) < 4.78 is 26.8. The number of nitrogens with one attached hydrogen (secondary N) is 1. The van der Waals surface area contributed by atoms with Gasteiger partial charge in [0.15, 0.2) is 0 Å². The molecule has 0 bridgehead atoms. The van der Waals surface area contributed by atoms with E-state index in [-0.39, 0.29) is 4.90 Å². The van der Waals surface area contributed by atoms with Crippen molar-refractivity contribution in [3.05, 3.63) is 65.1 Å². The highest BCUT2D eigenvalue weighted by Gasteiger charge is 2.13. The van der Waals surface area contributed by atoms with Gasteiger partial charge in [0, 0.05) is 24.5 Å². The van der Waals surface area contributed by atoms with Gasteiger partial charge in [0.05, 0.1) is 21.3 Å². The van der Waals surface area contributed by atoms with Crippen molar-refractivity contribution in [3.63, 3.8) is 0 Å². The lowest BCUT2D eigenvalue weighted by Gasteiger charge is -2.05. The molecule has 0 atom stereocenters. The summed E-state index contributed by atoms with van der Waals surface area (Å²) in [7, 11) is -3.46. The van der Waals surface area contributed by atoms with Crippen LogP contribution in [0.2, 0.25) is 0 Å². The molecule has 2 heterocycles. The Balaban J connectivity index is 1.61. The minimum absolute atomic E-state index is 0.272. The van der Waals surface area contributed by atoms with Gasteiger partial charge >= 0.3 is 0 Å². The topological polar surface area (TPSA) is 72.0 Å². The van der Waals surface area contributed by atoms with Crippen LogP contribution in [0.3, 0.4) is 0 Å². The van der Waals surface area contributed by atoms with Gasteiger partial charge in [-0.05, 0) is 24.3 Å². The average Bonchev–Trinajstić information content (AvgIpc) is 3.05. The first-order chi connectivity index (χ1) is 11.1. The Kier molecular flexibility index (Phi) is 4.80. The van der Waals surface area contributed by atoms with E-state index in [9.17, 15) is 8.42 Å². The van der Waals surface area contributed by atoms with Crippen LogP contribution >= 0.6 is 11.3 Å². The Hall–Kier alpha value is -2.09. The van der Waals surface area contributed by atoms with Crippen LogP contribution < -0.4 is 4.72 Å². The van der Waals surface area contributed by atoms with Gasteiger partial charge in [0.25, 0.3) is 0 Å². The number of hydrogen-bond acceptors (Lipinski definition) is 5. The maximum absolute atomic E-state index is 12.1. The Morgan fingerprint density at radius 1 is 1.00 bits per heavy atom. The first-order valence-electron chi connectivity index (χ1n) is 7.06. The molecule has 0 amide bonds. The van der Waals surface area contributed by atoms with Crippen LogP contribution in [0.1, 0.15) is 5.01 Å². The van der Waals surface area contributed by atoms with Crippen molar-refractivity contribution in [3.8, 4) is 11.4 Å². The summed E-state index contributed by atoms with van der Waals surface area (Å²) in [6, 6.07) is 14.0. The molecule has 0 saturated carbocycles. The lowest BCUT2D eigenvalue weighted by atomic mass is 10.3. The van der Waals surface area contributed by atoms with Gasteiger partial charge in [0.1, 0.15) is 0 Å². The molecule has 0 spiro atoms. The third kappa shape index (κ3) is 4.01. The zero-order valence-electron chi connectivity index (χ0n) is 12.2. The lowest BCUT2D eigenvalue weighted by molar-refractivity contribution is 0.581. The third-order valence-corrected chi connectivity index (χ3v) is 5.55. The Morgan fingerprint density at radius 3 is 2.52 bits per heavy atom. The lowest BCUT2D eigenvalue weighted by Crippen LogP contribution is -2.25. The molecule has 1 N–H and O–H groups in total. The molecular formula is C16H15N3O2S2. The number of sulfonamides is 1. The molecule has 0 saturated heterocycles. The number of hydrogen-bond donors (Lipinski definition) is 1. The summed E-state index contributed by atoms with van der Waals surface area (Å²) >= 11 is 1.50. The summed E-state index contributed by atoms with van der Waals surface area (Å²) in [6.45, 7) is 0.312. The summed E-state index contributed by atoms with van der Waals surface area (Å²) in [5.41, 5.74) is 1.64. The Bertz CT molecular complexity index is 863. The maximum Gasteiger partial charge on any atom is 0.240 e. The normalized spacial score (nSPS) is 11.5. The van der Waals surface area contributed by atoms with Gasteiger partial charge in [-0.3, -0.25) is 4.98 Å². The second-order valence-corrected chi connectivity index (χ2v) is 7.51. The van der Waals surface area contributed by atoms with E-state index in [4.69, 9.17) is 0 Å². The quantitative estimate of drug-likeness (QED) is 0.746. The van der Waals surface area contributed by atoms with E-state index in [2.05, 4.69) is 14.7 Å². The summed E-state index contributed by atoms with van der Waals surface area (Å²) in [6.07, 6.45) is 2.27. The van der Waals surface area contributed by atoms with Gasteiger partial charge in [-0.2, -0.15) is 0 Å². The summed E-state index contributed by atoms with van der Waals surface area (Å²) in [5, 5.41) is 2.81. The smallest absolute Gasteiger partial charge is 0.240 e. The number of thiazole rings is 1. The average molecular weight is 345 g/mol. The Morgan fingerprint density at radius 2 is 1.78 bits per heavy atom. The van der Waals surface area contributed by atoms with Crippen molar-refractivity contribution in [2.45, 2.75) is 11.3 Å². The SMILES string of the molecule is O=S(=O)(NCCc1nc(-c2ccccn2)cs1)c1ccccc1. The Labute approximate surface area is 139 Å². The minimum atomic E-state index is -3.46. The first-order valence-corrected chi connectivity index (χ1v) is 9.42. The largest absolute Gasteiger partial charge is 0.255 e. The highest BCUT2D eigenvalue weighted by molar-refractivity contribution is 7.89. The van der Waals surface area contributed by atoms with Crippen molar-refractivity contribution in [1.82, 2.24) is 14.7 Å². The highest BCUT2D eigenvalue weighted by Crippen LogP contribution is 2.19. The fourth-order valence-electron chi connectivity index (χ4n) is 2.03. The molecule has 118 valence electrons. The molecule has 0 fully saturated rings. The van der Waals surface area contributed by atoms with Crippen LogP contribution in [0, 0.1) is 0 Å². The molecule has 2 aromatic heterocycles. The van der Waals surface area contributed by atoms with E-state index in [0.29, 0.717) is 13.0 Å². The van der Waals surface area contributed by atoms with E-state index in [1.807, 2.05) is 23.6 Å². The number of rotatable bonds is 6. The molecule has 3 aromatic rings. The van der Waals surface area contributed by atoms with Crippen molar-refractivity contribution >= 4 is 21.4 Å². The van der Waals surface area contributed by atoms with Crippen molar-refractivity contribution in [2.75, 3.05) is 6.54 Å². The zero-order chi connectivity index (χ0) is 16.1. The zero-order valence-corrected chi connectivity index (χ0v) is 13.8. The van der Waals surface area contributed by atoms with Crippen LogP contribution in [-0.4, -0.2) is 24.9 Å². The summed E-state index contributed by atoms with van der Waals surface area (Å²) in [5.74, 6) is 0. The maximum atomic E-state index is 12.1. The van der Waals surface area contributed by atoms with Crippen molar-refractivity contribution < 1.29 is 8.42 Å². The number of aromatic nitrogens is 2. The molecule has 3 rings (SSSR count). The molecule has 1 aromatic carbocycles. The second-order valence-electron chi connectivity index (χ2n) is 4.80. The number of pyridine rings is 1. The van der Waals surface area contributed by atoms with Crippen LogP contribution in [-0.2, 0) is 16.4 Å². The van der Waals surface area contributed by atoms with Crippen LogP contribution in [0.5, 0.6) is 0 Å². The van der Waals surface area contributed by atoms with E-state index in [1.165, 1.54) is 11.3 Å². The standard InChI is InChI=1S/C16H15N3O2S2/c20-23(21,13-6-2-1-3-7-13)18-11-9-16-19-15(12-22-16)14-8-4-5-10-17-14/h1-8,10,12,18H,9,11H2. The molecule has 0 aliphatic rings. The number of nitrogens with zero attached hydrogens (tertiary/aromatic N) is 2. The van der Waals surface area contributed by atoms with Gasteiger partial charge in [-0.1, -0.05) is 24.3 Å². The van der Waals surface area contributed by atoms with Gasteiger partial charge in [-0.25, -0.2) is 18.1 Å². The molecular weight excluding hydrogens is 330 g/mol. The van der Waals surface area contributed by atoms with E-state index in [1.54, 1.807) is 36.5 Å².